The molecule has 0 aromatic heterocycles. The Morgan fingerprint density at radius 2 is 1.91 bits per heavy atom. The quantitative estimate of drug-likeness (QED) is 0.321. The van der Waals surface area contributed by atoms with E-state index in [-0.39, 0.29) is 5.57 Å². The summed E-state index contributed by atoms with van der Waals surface area (Å²) >= 11 is 0. The Morgan fingerprint density at radius 3 is 2.66 bits per heavy atom. The van der Waals surface area contributed by atoms with Crippen LogP contribution in [0.2, 0.25) is 0 Å². The number of nitriles is 1. The van der Waals surface area contributed by atoms with Crippen LogP contribution >= 0.6 is 0 Å². The number of hydrogen-bond donors (Lipinski definition) is 1. The molecule has 3 rings (SSSR count). The van der Waals surface area contributed by atoms with E-state index < -0.39 is 5.91 Å². The Balaban J connectivity index is 1.68. The van der Waals surface area contributed by atoms with Gasteiger partial charge in [-0.05, 0) is 42.3 Å². The third kappa shape index (κ3) is 6.17. The van der Waals surface area contributed by atoms with Gasteiger partial charge in [-0.25, -0.2) is 0 Å². The molecule has 1 aliphatic heterocycles. The van der Waals surface area contributed by atoms with Crippen molar-refractivity contribution in [2.75, 3.05) is 32.2 Å². The molecule has 168 valence electrons. The molecule has 0 fully saturated rings. The van der Waals surface area contributed by atoms with Gasteiger partial charge < -0.3 is 24.3 Å². The number of benzene rings is 2. The van der Waals surface area contributed by atoms with Crippen LogP contribution in [0.4, 0.5) is 5.69 Å². The second-order valence-corrected chi connectivity index (χ2v) is 7.30. The zero-order valence-corrected chi connectivity index (χ0v) is 18.5. The van der Waals surface area contributed by atoms with E-state index >= 15 is 0 Å². The summed E-state index contributed by atoms with van der Waals surface area (Å²) < 4.78 is 22.3. The minimum Gasteiger partial charge on any atom is -0.493 e. The van der Waals surface area contributed by atoms with Gasteiger partial charge in [0.1, 0.15) is 24.9 Å². The predicted octanol–water partition coefficient (Wildman–Crippen LogP) is 4.97. The number of hydrogen-bond acceptors (Lipinski definition) is 6. The number of anilines is 1. The molecular weight excluding hydrogens is 408 g/mol. The molecule has 7 heteroatoms. The number of methoxy groups -OCH3 is 1. The van der Waals surface area contributed by atoms with E-state index in [4.69, 9.17) is 18.9 Å². The van der Waals surface area contributed by atoms with E-state index in [1.807, 2.05) is 6.07 Å². The topological polar surface area (TPSA) is 89.8 Å². The largest absolute Gasteiger partial charge is 0.493 e. The SMILES string of the molecule is CCCCCCOc1ccc(/C=C(\C#N)C(=O)Nc2ccc3c(c2)OCCO3)cc1OC. The fourth-order valence-electron chi connectivity index (χ4n) is 3.24. The van der Waals surface area contributed by atoms with E-state index in [0.717, 1.165) is 12.8 Å². The van der Waals surface area contributed by atoms with Crippen molar-refractivity contribution >= 4 is 17.7 Å². The fourth-order valence-corrected chi connectivity index (χ4v) is 3.24. The normalized spacial score (nSPS) is 12.6. The van der Waals surface area contributed by atoms with Crippen molar-refractivity contribution in [1.29, 1.82) is 5.26 Å². The standard InChI is InChI=1S/C25H28N2O5/c1-3-4-5-6-11-30-21-9-7-18(15-23(21)29-2)14-19(17-26)25(28)27-20-8-10-22-24(16-20)32-13-12-31-22/h7-10,14-16H,3-6,11-13H2,1-2H3,(H,27,28)/b19-14+. The Labute approximate surface area is 188 Å². The van der Waals surface area contributed by atoms with Crippen LogP contribution in [-0.2, 0) is 4.79 Å². The molecule has 7 nitrogen and oxygen atoms in total. The Hall–Kier alpha value is -3.66. The van der Waals surface area contributed by atoms with Gasteiger partial charge in [0.05, 0.1) is 13.7 Å². The lowest BCUT2D eigenvalue weighted by atomic mass is 10.1. The van der Waals surface area contributed by atoms with Crippen LogP contribution in [0.3, 0.4) is 0 Å². The second kappa shape index (κ2) is 11.7. The summed E-state index contributed by atoms with van der Waals surface area (Å²) in [5, 5.41) is 12.2. The van der Waals surface area contributed by atoms with E-state index in [1.165, 1.54) is 18.9 Å². The van der Waals surface area contributed by atoms with Crippen molar-refractivity contribution < 1.29 is 23.7 Å². The Bertz CT molecular complexity index is 1010. The number of carbonyl (C=O) groups excluding carboxylic acids is 1. The summed E-state index contributed by atoms with van der Waals surface area (Å²) in [6.45, 7) is 3.73. The molecule has 2 aromatic carbocycles. The highest BCUT2D eigenvalue weighted by Crippen LogP contribution is 2.33. The Kier molecular flexibility index (Phi) is 8.38. The van der Waals surface area contributed by atoms with Crippen molar-refractivity contribution in [3.8, 4) is 29.1 Å². The van der Waals surface area contributed by atoms with E-state index in [2.05, 4.69) is 12.2 Å². The number of nitrogens with zero attached hydrogens (tertiary/aromatic N) is 1. The zero-order valence-electron chi connectivity index (χ0n) is 18.5. The van der Waals surface area contributed by atoms with Crippen LogP contribution in [0.15, 0.2) is 42.0 Å². The summed E-state index contributed by atoms with van der Waals surface area (Å²) in [5.74, 6) is 1.87. The monoisotopic (exact) mass is 436 g/mol. The van der Waals surface area contributed by atoms with Gasteiger partial charge in [0.2, 0.25) is 0 Å². The minimum atomic E-state index is -0.514. The lowest BCUT2D eigenvalue weighted by Crippen LogP contribution is -2.17. The number of amides is 1. The lowest BCUT2D eigenvalue weighted by molar-refractivity contribution is -0.112. The summed E-state index contributed by atoms with van der Waals surface area (Å²) in [6.07, 6.45) is 5.99. The first-order chi connectivity index (χ1) is 15.6. The number of unbranched alkanes of at least 4 members (excludes halogenated alkanes) is 3. The van der Waals surface area contributed by atoms with Crippen LogP contribution in [-0.4, -0.2) is 32.8 Å². The smallest absolute Gasteiger partial charge is 0.266 e. The van der Waals surface area contributed by atoms with E-state index in [0.29, 0.717) is 54.1 Å². The van der Waals surface area contributed by atoms with Gasteiger partial charge in [0.15, 0.2) is 23.0 Å². The molecule has 1 amide bonds. The van der Waals surface area contributed by atoms with Gasteiger partial charge in [0, 0.05) is 11.8 Å². The molecule has 32 heavy (non-hydrogen) atoms. The van der Waals surface area contributed by atoms with Crippen molar-refractivity contribution in [2.24, 2.45) is 0 Å². The fraction of sp³-hybridized carbons (Fsp3) is 0.360. The highest BCUT2D eigenvalue weighted by molar-refractivity contribution is 6.09. The molecule has 0 bridgehead atoms. The van der Waals surface area contributed by atoms with Gasteiger partial charge >= 0.3 is 0 Å². The lowest BCUT2D eigenvalue weighted by Gasteiger charge is -2.18. The Morgan fingerprint density at radius 1 is 1.09 bits per heavy atom. The van der Waals surface area contributed by atoms with Crippen molar-refractivity contribution in [3.63, 3.8) is 0 Å². The number of rotatable bonds is 10. The van der Waals surface area contributed by atoms with Crippen LogP contribution in [0.5, 0.6) is 23.0 Å². The molecule has 0 saturated carbocycles. The third-order valence-electron chi connectivity index (χ3n) is 4.92. The first-order valence-corrected chi connectivity index (χ1v) is 10.8. The average molecular weight is 437 g/mol. The summed E-state index contributed by atoms with van der Waals surface area (Å²) in [4.78, 5) is 12.6. The first kappa shape index (κ1) is 23.0. The van der Waals surface area contributed by atoms with Crippen molar-refractivity contribution in [1.82, 2.24) is 0 Å². The maximum atomic E-state index is 12.6. The maximum absolute atomic E-state index is 12.6. The van der Waals surface area contributed by atoms with E-state index in [1.54, 1.807) is 43.5 Å². The third-order valence-corrected chi connectivity index (χ3v) is 4.92. The van der Waals surface area contributed by atoms with Crippen molar-refractivity contribution in [3.05, 3.63) is 47.5 Å². The molecule has 0 aliphatic carbocycles. The van der Waals surface area contributed by atoms with Crippen LogP contribution in [0.1, 0.15) is 38.2 Å². The molecule has 1 aliphatic rings. The first-order valence-electron chi connectivity index (χ1n) is 10.8. The van der Waals surface area contributed by atoms with Crippen LogP contribution in [0, 0.1) is 11.3 Å². The number of nitrogens with one attached hydrogen (secondary N) is 1. The summed E-state index contributed by atoms with van der Waals surface area (Å²) in [5.41, 5.74) is 1.15. The van der Waals surface area contributed by atoms with Crippen LogP contribution in [0.25, 0.3) is 6.08 Å². The van der Waals surface area contributed by atoms with E-state index in [9.17, 15) is 10.1 Å². The maximum Gasteiger partial charge on any atom is 0.266 e. The molecule has 2 aromatic rings. The van der Waals surface area contributed by atoms with Gasteiger partial charge in [-0.15, -0.1) is 0 Å². The summed E-state index contributed by atoms with van der Waals surface area (Å²) in [7, 11) is 1.56. The molecule has 0 saturated heterocycles. The molecule has 0 radical (unpaired) electrons. The number of fused-ring (bicyclic) bond motifs is 1. The zero-order chi connectivity index (χ0) is 22.8. The van der Waals surface area contributed by atoms with Gasteiger partial charge in [-0.1, -0.05) is 32.3 Å². The second-order valence-electron chi connectivity index (χ2n) is 7.30. The highest BCUT2D eigenvalue weighted by Gasteiger charge is 2.15. The average Bonchev–Trinajstić information content (AvgIpc) is 2.82. The van der Waals surface area contributed by atoms with Gasteiger partial charge in [-0.3, -0.25) is 4.79 Å². The molecule has 0 spiro atoms. The van der Waals surface area contributed by atoms with Crippen molar-refractivity contribution in [2.45, 2.75) is 32.6 Å². The van der Waals surface area contributed by atoms with Crippen LogP contribution < -0.4 is 24.3 Å². The molecule has 0 atom stereocenters. The van der Waals surface area contributed by atoms with Gasteiger partial charge in [0.25, 0.3) is 5.91 Å². The molecule has 1 N–H and O–H groups in total. The van der Waals surface area contributed by atoms with Gasteiger partial charge in [-0.2, -0.15) is 5.26 Å². The summed E-state index contributed by atoms with van der Waals surface area (Å²) in [6, 6.07) is 12.4. The number of ether oxygens (including phenoxy) is 4. The number of carbonyl (C=O) groups is 1. The predicted molar refractivity (Wildman–Crippen MR) is 122 cm³/mol. The highest BCUT2D eigenvalue weighted by atomic mass is 16.6. The minimum absolute atomic E-state index is 0.0322. The molecule has 1 heterocycles. The molecular formula is C25H28N2O5. The molecule has 0 unspecified atom stereocenters.